The van der Waals surface area contributed by atoms with Crippen LogP contribution in [0.5, 0.6) is 5.75 Å². The van der Waals surface area contributed by atoms with E-state index in [4.69, 9.17) is 0 Å². The molecule has 42 heavy (non-hydrogen) atoms. The van der Waals surface area contributed by atoms with Crippen molar-refractivity contribution in [2.75, 3.05) is 11.4 Å². The van der Waals surface area contributed by atoms with Crippen LogP contribution in [0.1, 0.15) is 25.0 Å². The lowest BCUT2D eigenvalue weighted by atomic mass is 9.87. The van der Waals surface area contributed by atoms with Crippen molar-refractivity contribution < 1.29 is 17.9 Å². The molecule has 0 saturated heterocycles. The fraction of sp³-hybridized carbons (Fsp3) is 0.194. The fourth-order valence-electron chi connectivity index (χ4n) is 5.61. The van der Waals surface area contributed by atoms with Crippen molar-refractivity contribution in [3.05, 3.63) is 100 Å². The van der Waals surface area contributed by atoms with Gasteiger partial charge in [-0.25, -0.2) is 13.4 Å². The third kappa shape index (κ3) is 4.28. The van der Waals surface area contributed by atoms with Gasteiger partial charge in [-0.2, -0.15) is 9.49 Å². The first-order valence-corrected chi connectivity index (χ1v) is 14.7. The zero-order valence-electron chi connectivity index (χ0n) is 23.4. The first-order chi connectivity index (χ1) is 19.9. The Hall–Kier alpha value is -4.77. The second-order valence-corrected chi connectivity index (χ2v) is 12.9. The molecule has 6 rings (SSSR count). The van der Waals surface area contributed by atoms with Gasteiger partial charge in [0.25, 0.3) is 5.56 Å². The van der Waals surface area contributed by atoms with Gasteiger partial charge < -0.3 is 15.0 Å². The Balaban J connectivity index is 1.54. The first-order valence-electron chi connectivity index (χ1n) is 13.2. The SMILES string of the molecule is Cc1c(-c2ccc(S(=O)(=O)c3c(O)c(N4CC(C)(C)c5ccccc54)c(-c4ccn(C)n4)[nH]c3=O)cc2)ccnc1F. The Bertz CT molecular complexity index is 2030. The molecule has 0 bridgehead atoms. The molecular weight excluding hydrogens is 557 g/mol. The molecule has 5 aromatic rings. The van der Waals surface area contributed by atoms with Crippen LogP contribution in [-0.4, -0.2) is 39.8 Å². The van der Waals surface area contributed by atoms with Gasteiger partial charge in [-0.3, -0.25) is 9.48 Å². The average Bonchev–Trinajstić information content (AvgIpc) is 3.50. The molecule has 214 valence electrons. The van der Waals surface area contributed by atoms with Crippen LogP contribution >= 0.6 is 0 Å². The molecule has 0 unspecified atom stereocenters. The number of aromatic amines is 1. The van der Waals surface area contributed by atoms with Crippen molar-refractivity contribution in [3.8, 4) is 28.3 Å². The maximum atomic E-state index is 14.0. The van der Waals surface area contributed by atoms with Gasteiger partial charge in [0, 0.05) is 42.7 Å². The number of hydrogen-bond donors (Lipinski definition) is 2. The van der Waals surface area contributed by atoms with E-state index in [1.165, 1.54) is 30.5 Å². The van der Waals surface area contributed by atoms with Gasteiger partial charge >= 0.3 is 0 Å². The lowest BCUT2D eigenvalue weighted by Gasteiger charge is -2.26. The van der Waals surface area contributed by atoms with Crippen molar-refractivity contribution in [2.45, 2.75) is 36.0 Å². The third-order valence-electron chi connectivity index (χ3n) is 7.72. The highest BCUT2D eigenvalue weighted by Crippen LogP contribution is 2.50. The van der Waals surface area contributed by atoms with Gasteiger partial charge in [-0.05, 0) is 53.9 Å². The van der Waals surface area contributed by atoms with E-state index >= 15 is 0 Å². The summed E-state index contributed by atoms with van der Waals surface area (Å²) in [6.45, 7) is 6.12. The van der Waals surface area contributed by atoms with E-state index in [2.05, 4.69) is 28.9 Å². The molecule has 0 atom stereocenters. The number of H-pyrrole nitrogens is 1. The number of halogens is 1. The highest BCUT2D eigenvalue weighted by Gasteiger charge is 2.40. The van der Waals surface area contributed by atoms with Crippen LogP contribution in [-0.2, 0) is 22.3 Å². The van der Waals surface area contributed by atoms with Gasteiger partial charge in [-0.1, -0.05) is 44.2 Å². The summed E-state index contributed by atoms with van der Waals surface area (Å²) in [6.07, 6.45) is 3.03. The second-order valence-electron chi connectivity index (χ2n) is 11.0. The van der Waals surface area contributed by atoms with Crippen molar-refractivity contribution >= 4 is 21.2 Å². The molecular formula is C31H28FN5O4S. The highest BCUT2D eigenvalue weighted by atomic mass is 32.2. The molecule has 11 heteroatoms. The third-order valence-corrected chi connectivity index (χ3v) is 9.53. The number of aryl methyl sites for hydroxylation is 1. The molecule has 4 heterocycles. The minimum absolute atomic E-state index is 0.143. The zero-order valence-corrected chi connectivity index (χ0v) is 24.2. The summed E-state index contributed by atoms with van der Waals surface area (Å²) in [7, 11) is -2.78. The fourth-order valence-corrected chi connectivity index (χ4v) is 6.99. The summed E-state index contributed by atoms with van der Waals surface area (Å²) in [5.41, 5.74) is 2.68. The molecule has 0 radical (unpaired) electrons. The molecule has 0 fully saturated rings. The van der Waals surface area contributed by atoms with E-state index in [9.17, 15) is 22.7 Å². The summed E-state index contributed by atoms with van der Waals surface area (Å²) in [5, 5.41) is 16.2. The molecule has 0 saturated carbocycles. The molecule has 2 aromatic carbocycles. The lowest BCUT2D eigenvalue weighted by Crippen LogP contribution is -2.28. The normalized spacial score (nSPS) is 14.3. The number of fused-ring (bicyclic) bond motifs is 1. The summed E-state index contributed by atoms with van der Waals surface area (Å²) >= 11 is 0. The summed E-state index contributed by atoms with van der Waals surface area (Å²) in [4.78, 5) is 20.7. The predicted molar refractivity (Wildman–Crippen MR) is 157 cm³/mol. The second kappa shape index (κ2) is 9.66. The standard InChI is InChI=1S/C31H28FN5O4S/c1-18-21(13-15-33-29(18)32)19-9-11-20(12-10-19)42(40,41)28-27(38)26(25(34-30(28)39)23-14-16-36(4)35-23)37-17-31(2,3)22-7-5-6-8-24(22)37/h5-16H,17H2,1-4H3,(H2,34,38,39). The molecule has 0 spiro atoms. The number of anilines is 2. The lowest BCUT2D eigenvalue weighted by molar-refractivity contribution is 0.455. The first kappa shape index (κ1) is 27.4. The molecule has 2 N–H and O–H groups in total. The average molecular weight is 586 g/mol. The maximum absolute atomic E-state index is 14.0. The van der Waals surface area contributed by atoms with Gasteiger partial charge in [0.15, 0.2) is 10.6 Å². The molecule has 9 nitrogen and oxygen atoms in total. The van der Waals surface area contributed by atoms with E-state index in [1.807, 2.05) is 29.2 Å². The van der Waals surface area contributed by atoms with Crippen LogP contribution < -0.4 is 10.5 Å². The largest absolute Gasteiger partial charge is 0.504 e. The number of para-hydroxylation sites is 1. The van der Waals surface area contributed by atoms with Crippen molar-refractivity contribution in [1.29, 1.82) is 0 Å². The van der Waals surface area contributed by atoms with Crippen LogP contribution in [0, 0.1) is 12.9 Å². The number of pyridine rings is 2. The molecule has 3 aromatic heterocycles. The molecule has 0 aliphatic carbocycles. The van der Waals surface area contributed by atoms with E-state index < -0.39 is 32.0 Å². The number of benzene rings is 2. The van der Waals surface area contributed by atoms with Gasteiger partial charge in [-0.15, -0.1) is 0 Å². The summed E-state index contributed by atoms with van der Waals surface area (Å²) < 4.78 is 43.5. The van der Waals surface area contributed by atoms with Crippen LogP contribution in [0.25, 0.3) is 22.5 Å². The minimum atomic E-state index is -4.50. The zero-order chi connectivity index (χ0) is 30.0. The Morgan fingerprint density at radius 2 is 1.76 bits per heavy atom. The van der Waals surface area contributed by atoms with Crippen LogP contribution in [0.4, 0.5) is 15.8 Å². The quantitative estimate of drug-likeness (QED) is 0.270. The Labute approximate surface area is 241 Å². The number of rotatable bonds is 5. The van der Waals surface area contributed by atoms with Crippen LogP contribution in [0.15, 0.2) is 87.6 Å². The summed E-state index contributed by atoms with van der Waals surface area (Å²) in [5.74, 6) is -1.28. The van der Waals surface area contributed by atoms with Crippen LogP contribution in [0.3, 0.4) is 0 Å². The number of sulfone groups is 1. The monoisotopic (exact) mass is 585 g/mol. The predicted octanol–water partition coefficient (Wildman–Crippen LogP) is 5.25. The van der Waals surface area contributed by atoms with Gasteiger partial charge in [0.2, 0.25) is 15.8 Å². The number of aromatic hydroxyl groups is 1. The number of nitrogens with zero attached hydrogens (tertiary/aromatic N) is 4. The smallest absolute Gasteiger partial charge is 0.271 e. The van der Waals surface area contributed by atoms with Gasteiger partial charge in [0.05, 0.1) is 10.6 Å². The Kier molecular flexibility index (Phi) is 6.30. The van der Waals surface area contributed by atoms with Crippen molar-refractivity contribution in [1.82, 2.24) is 19.7 Å². The molecule has 0 amide bonds. The maximum Gasteiger partial charge on any atom is 0.271 e. The van der Waals surface area contributed by atoms with E-state index in [-0.39, 0.29) is 21.7 Å². The highest BCUT2D eigenvalue weighted by molar-refractivity contribution is 7.91. The number of nitrogens with one attached hydrogen (secondary N) is 1. The van der Waals surface area contributed by atoms with E-state index in [1.54, 1.807) is 37.0 Å². The minimum Gasteiger partial charge on any atom is -0.504 e. The van der Waals surface area contributed by atoms with Crippen molar-refractivity contribution in [3.63, 3.8) is 0 Å². The molecule has 1 aliphatic rings. The number of aromatic nitrogens is 4. The van der Waals surface area contributed by atoms with E-state index in [0.717, 1.165) is 11.3 Å². The van der Waals surface area contributed by atoms with Crippen molar-refractivity contribution in [2.24, 2.45) is 7.05 Å². The number of hydrogen-bond acceptors (Lipinski definition) is 7. The van der Waals surface area contributed by atoms with Crippen LogP contribution in [0.2, 0.25) is 0 Å². The Morgan fingerprint density at radius 3 is 2.45 bits per heavy atom. The summed E-state index contributed by atoms with van der Waals surface area (Å²) in [6, 6.07) is 16.7. The molecule has 1 aliphatic heterocycles. The van der Waals surface area contributed by atoms with Gasteiger partial charge in [0.1, 0.15) is 11.4 Å². The van der Waals surface area contributed by atoms with E-state index in [0.29, 0.717) is 28.9 Å². The Morgan fingerprint density at radius 1 is 1.05 bits per heavy atom. The topological polar surface area (TPSA) is 121 Å².